The maximum absolute atomic E-state index is 12.9. The summed E-state index contributed by atoms with van der Waals surface area (Å²) in [5.41, 5.74) is 3.46. The molecule has 2 rings (SSSR count). The third-order valence-corrected chi connectivity index (χ3v) is 2.49. The molecule has 0 heterocycles. The summed E-state index contributed by atoms with van der Waals surface area (Å²) in [6.45, 7) is 0. The first-order valence-electron chi connectivity index (χ1n) is 4.06. The van der Waals surface area contributed by atoms with Crippen LogP contribution in [0.15, 0.2) is 18.2 Å². The zero-order chi connectivity index (χ0) is 10.6. The van der Waals surface area contributed by atoms with Crippen LogP contribution in [0.2, 0.25) is 0 Å². The van der Waals surface area contributed by atoms with Gasteiger partial charge in [0.1, 0.15) is 17.0 Å². The van der Waals surface area contributed by atoms with E-state index in [2.05, 4.69) is 0 Å². The van der Waals surface area contributed by atoms with Crippen molar-refractivity contribution in [2.24, 2.45) is 5.73 Å². The third kappa shape index (κ3) is 1.05. The monoisotopic (exact) mass is 201 g/mol. The SMILES string of the molecule is NC1(c2cc(O)ccc2O)CC1(F)F. The number of halogens is 2. The highest BCUT2D eigenvalue weighted by Crippen LogP contribution is 2.59. The van der Waals surface area contributed by atoms with E-state index in [1.165, 1.54) is 6.07 Å². The van der Waals surface area contributed by atoms with E-state index in [1.807, 2.05) is 0 Å². The first kappa shape index (κ1) is 9.21. The molecule has 1 saturated carbocycles. The predicted molar refractivity (Wildman–Crippen MR) is 45.2 cm³/mol. The molecule has 1 atom stereocenters. The number of hydrogen-bond acceptors (Lipinski definition) is 3. The molecular formula is C9H9F2NO2. The van der Waals surface area contributed by atoms with Crippen molar-refractivity contribution in [2.45, 2.75) is 17.9 Å². The molecule has 14 heavy (non-hydrogen) atoms. The number of phenols is 2. The Kier molecular flexibility index (Phi) is 1.55. The fourth-order valence-electron chi connectivity index (χ4n) is 1.48. The van der Waals surface area contributed by atoms with Crippen molar-refractivity contribution in [3.05, 3.63) is 23.8 Å². The van der Waals surface area contributed by atoms with Crippen molar-refractivity contribution in [1.29, 1.82) is 0 Å². The molecule has 0 spiro atoms. The Bertz CT molecular complexity index is 394. The molecule has 76 valence electrons. The zero-order valence-electron chi connectivity index (χ0n) is 7.17. The maximum Gasteiger partial charge on any atom is 0.272 e. The van der Waals surface area contributed by atoms with Gasteiger partial charge in [-0.15, -0.1) is 0 Å². The predicted octanol–water partition coefficient (Wildman–Crippen LogP) is 1.29. The van der Waals surface area contributed by atoms with Crippen molar-refractivity contribution in [3.8, 4) is 11.5 Å². The number of benzene rings is 1. The van der Waals surface area contributed by atoms with E-state index >= 15 is 0 Å². The smallest absolute Gasteiger partial charge is 0.272 e. The molecule has 3 nitrogen and oxygen atoms in total. The first-order valence-corrected chi connectivity index (χ1v) is 4.06. The van der Waals surface area contributed by atoms with E-state index in [0.29, 0.717) is 0 Å². The summed E-state index contributed by atoms with van der Waals surface area (Å²) in [5.74, 6) is -3.51. The molecule has 4 N–H and O–H groups in total. The maximum atomic E-state index is 12.9. The fraction of sp³-hybridized carbons (Fsp3) is 0.333. The number of phenolic OH excluding ortho intramolecular Hbond substituents is 2. The van der Waals surface area contributed by atoms with E-state index in [4.69, 9.17) is 10.8 Å². The molecule has 1 aliphatic carbocycles. The molecule has 0 aliphatic heterocycles. The molecule has 5 heteroatoms. The molecular weight excluding hydrogens is 192 g/mol. The second kappa shape index (κ2) is 2.36. The number of alkyl halides is 2. The van der Waals surface area contributed by atoms with Gasteiger partial charge in [0, 0.05) is 12.0 Å². The van der Waals surface area contributed by atoms with E-state index in [0.717, 1.165) is 12.1 Å². The van der Waals surface area contributed by atoms with Gasteiger partial charge in [-0.25, -0.2) is 8.78 Å². The number of rotatable bonds is 1. The van der Waals surface area contributed by atoms with Gasteiger partial charge in [0.2, 0.25) is 0 Å². The van der Waals surface area contributed by atoms with E-state index in [-0.39, 0.29) is 17.1 Å². The van der Waals surface area contributed by atoms with Gasteiger partial charge < -0.3 is 15.9 Å². The molecule has 1 aromatic carbocycles. The average molecular weight is 201 g/mol. The van der Waals surface area contributed by atoms with Crippen LogP contribution in [0.5, 0.6) is 11.5 Å². The Morgan fingerprint density at radius 2 is 1.86 bits per heavy atom. The van der Waals surface area contributed by atoms with Crippen LogP contribution in [-0.2, 0) is 5.54 Å². The van der Waals surface area contributed by atoms with Crippen molar-refractivity contribution >= 4 is 0 Å². The van der Waals surface area contributed by atoms with Gasteiger partial charge in [0.05, 0.1) is 0 Å². The molecule has 0 radical (unpaired) electrons. The molecule has 1 aromatic rings. The molecule has 1 unspecified atom stereocenters. The number of nitrogens with two attached hydrogens (primary N) is 1. The zero-order valence-corrected chi connectivity index (χ0v) is 7.17. The Balaban J connectivity index is 2.48. The van der Waals surface area contributed by atoms with Crippen molar-refractivity contribution in [1.82, 2.24) is 0 Å². The summed E-state index contributed by atoms with van der Waals surface area (Å²) in [7, 11) is 0. The van der Waals surface area contributed by atoms with Crippen molar-refractivity contribution in [2.75, 3.05) is 0 Å². The summed E-state index contributed by atoms with van der Waals surface area (Å²) in [5, 5.41) is 18.4. The lowest BCUT2D eigenvalue weighted by Crippen LogP contribution is -2.27. The first-order chi connectivity index (χ1) is 6.37. The van der Waals surface area contributed by atoms with Crippen LogP contribution in [0.4, 0.5) is 8.78 Å². The van der Waals surface area contributed by atoms with E-state index in [1.54, 1.807) is 0 Å². The van der Waals surface area contributed by atoms with E-state index in [9.17, 15) is 13.9 Å². The summed E-state index contributed by atoms with van der Waals surface area (Å²) >= 11 is 0. The van der Waals surface area contributed by atoms with Crippen LogP contribution < -0.4 is 5.73 Å². The Morgan fingerprint density at radius 3 is 2.36 bits per heavy atom. The third-order valence-electron chi connectivity index (χ3n) is 2.49. The Hall–Kier alpha value is -1.36. The standard InChI is InChI=1S/C9H9F2NO2/c10-9(11)4-8(9,12)6-3-5(13)1-2-7(6)14/h1-3,13-14H,4,12H2. The van der Waals surface area contributed by atoms with Crippen molar-refractivity contribution in [3.63, 3.8) is 0 Å². The lowest BCUT2D eigenvalue weighted by Gasteiger charge is -2.12. The van der Waals surface area contributed by atoms with Gasteiger partial charge in [-0.1, -0.05) is 0 Å². The number of aromatic hydroxyl groups is 2. The highest BCUT2D eigenvalue weighted by atomic mass is 19.3. The van der Waals surface area contributed by atoms with Gasteiger partial charge in [0.15, 0.2) is 0 Å². The van der Waals surface area contributed by atoms with Crippen LogP contribution >= 0.6 is 0 Å². The summed E-state index contributed by atoms with van der Waals surface area (Å²) in [4.78, 5) is 0. The minimum atomic E-state index is -3.00. The highest BCUT2D eigenvalue weighted by molar-refractivity contribution is 5.48. The summed E-state index contributed by atoms with van der Waals surface area (Å²) in [6, 6.07) is 3.42. The second-order valence-corrected chi connectivity index (χ2v) is 3.55. The minimum Gasteiger partial charge on any atom is -0.508 e. The molecule has 0 bridgehead atoms. The van der Waals surface area contributed by atoms with Crippen LogP contribution in [0, 0.1) is 0 Å². The van der Waals surface area contributed by atoms with Crippen LogP contribution in [0.1, 0.15) is 12.0 Å². The van der Waals surface area contributed by atoms with Gasteiger partial charge in [-0.05, 0) is 18.2 Å². The fourth-order valence-corrected chi connectivity index (χ4v) is 1.48. The van der Waals surface area contributed by atoms with Gasteiger partial charge in [-0.2, -0.15) is 0 Å². The molecule has 0 saturated heterocycles. The van der Waals surface area contributed by atoms with Crippen molar-refractivity contribution < 1.29 is 19.0 Å². The molecule has 1 fully saturated rings. The quantitative estimate of drug-likeness (QED) is 0.600. The second-order valence-electron chi connectivity index (χ2n) is 3.55. The van der Waals surface area contributed by atoms with Gasteiger partial charge >= 0.3 is 0 Å². The lowest BCUT2D eigenvalue weighted by atomic mass is 10.0. The molecule has 1 aliphatic rings. The largest absolute Gasteiger partial charge is 0.508 e. The Labute approximate surface area is 78.8 Å². The summed E-state index contributed by atoms with van der Waals surface area (Å²) in [6.07, 6.45) is -0.503. The Morgan fingerprint density at radius 1 is 1.29 bits per heavy atom. The van der Waals surface area contributed by atoms with Crippen LogP contribution in [0.25, 0.3) is 0 Å². The van der Waals surface area contributed by atoms with Crippen LogP contribution in [0.3, 0.4) is 0 Å². The van der Waals surface area contributed by atoms with Gasteiger partial charge in [-0.3, -0.25) is 0 Å². The number of hydrogen-bond donors (Lipinski definition) is 3. The summed E-state index contributed by atoms with van der Waals surface area (Å²) < 4.78 is 25.7. The minimum absolute atomic E-state index is 0.109. The lowest BCUT2D eigenvalue weighted by molar-refractivity contribution is 0.0884. The topological polar surface area (TPSA) is 66.5 Å². The highest BCUT2D eigenvalue weighted by Gasteiger charge is 2.70. The average Bonchev–Trinajstić information content (AvgIpc) is 2.58. The van der Waals surface area contributed by atoms with Crippen LogP contribution in [-0.4, -0.2) is 16.1 Å². The molecule has 0 amide bonds. The van der Waals surface area contributed by atoms with E-state index < -0.39 is 17.9 Å². The molecule has 0 aromatic heterocycles. The van der Waals surface area contributed by atoms with Gasteiger partial charge in [0.25, 0.3) is 5.92 Å². The normalized spacial score (nSPS) is 28.8.